The summed E-state index contributed by atoms with van der Waals surface area (Å²) in [5.74, 6) is 3.05. The van der Waals surface area contributed by atoms with E-state index in [9.17, 15) is 0 Å². The smallest absolute Gasteiger partial charge is 0.162 e. The molecule has 1 aliphatic carbocycles. The van der Waals surface area contributed by atoms with Crippen LogP contribution in [0.2, 0.25) is 0 Å². The van der Waals surface area contributed by atoms with Gasteiger partial charge in [-0.15, -0.1) is 0 Å². The van der Waals surface area contributed by atoms with Crippen LogP contribution in [0.4, 0.5) is 17.3 Å². The first-order valence-electron chi connectivity index (χ1n) is 13.3. The van der Waals surface area contributed by atoms with Crippen molar-refractivity contribution in [3.8, 4) is 22.5 Å². The molecule has 1 saturated heterocycles. The van der Waals surface area contributed by atoms with Crippen LogP contribution in [0.1, 0.15) is 24.3 Å². The third-order valence-corrected chi connectivity index (χ3v) is 7.31. The van der Waals surface area contributed by atoms with Crippen molar-refractivity contribution in [3.63, 3.8) is 0 Å². The van der Waals surface area contributed by atoms with Crippen LogP contribution in [-0.2, 0) is 0 Å². The van der Waals surface area contributed by atoms with Crippen molar-refractivity contribution in [1.82, 2.24) is 25.3 Å². The number of hydrogen-bond acceptors (Lipinski definition) is 7. The van der Waals surface area contributed by atoms with E-state index in [2.05, 4.69) is 74.0 Å². The molecule has 38 heavy (non-hydrogen) atoms. The summed E-state index contributed by atoms with van der Waals surface area (Å²) in [4.78, 5) is 21.7. The van der Waals surface area contributed by atoms with Crippen LogP contribution in [0.15, 0.2) is 85.3 Å². The first-order chi connectivity index (χ1) is 18.8. The fourth-order valence-corrected chi connectivity index (χ4v) is 5.22. The molecule has 4 heterocycles. The zero-order valence-electron chi connectivity index (χ0n) is 21.1. The number of anilines is 3. The number of hydrogen-bond donors (Lipinski definition) is 2. The second kappa shape index (κ2) is 9.84. The highest BCUT2D eigenvalue weighted by Crippen LogP contribution is 2.44. The monoisotopic (exact) mass is 499 g/mol. The van der Waals surface area contributed by atoms with Crippen molar-refractivity contribution in [2.24, 2.45) is 0 Å². The van der Waals surface area contributed by atoms with Crippen LogP contribution in [-0.4, -0.2) is 46.1 Å². The molecule has 7 heteroatoms. The van der Waals surface area contributed by atoms with E-state index >= 15 is 0 Å². The van der Waals surface area contributed by atoms with Crippen LogP contribution in [0.25, 0.3) is 33.4 Å². The molecule has 2 N–H and O–H groups in total. The first-order valence-corrected chi connectivity index (χ1v) is 13.3. The average Bonchev–Trinajstić information content (AvgIpc) is 3.83. The van der Waals surface area contributed by atoms with Gasteiger partial charge in [0, 0.05) is 55.2 Å². The van der Waals surface area contributed by atoms with Crippen molar-refractivity contribution in [1.29, 1.82) is 0 Å². The van der Waals surface area contributed by atoms with Gasteiger partial charge in [0.25, 0.3) is 0 Å². The summed E-state index contributed by atoms with van der Waals surface area (Å²) in [5, 5.41) is 8.10. The van der Waals surface area contributed by atoms with E-state index in [0.717, 1.165) is 60.1 Å². The highest BCUT2D eigenvalue weighted by Gasteiger charge is 2.29. The van der Waals surface area contributed by atoms with Gasteiger partial charge < -0.3 is 15.5 Å². The first kappa shape index (κ1) is 22.8. The van der Waals surface area contributed by atoms with Gasteiger partial charge in [-0.3, -0.25) is 4.98 Å². The minimum Gasteiger partial charge on any atom is -0.353 e. The Morgan fingerprint density at radius 3 is 2.50 bits per heavy atom. The highest BCUT2D eigenvalue weighted by molar-refractivity contribution is 5.94. The Bertz CT molecular complexity index is 1590. The Hall–Kier alpha value is -4.36. The lowest BCUT2D eigenvalue weighted by Gasteiger charge is -2.30. The van der Waals surface area contributed by atoms with Gasteiger partial charge in [-0.05, 0) is 59.7 Å². The summed E-state index contributed by atoms with van der Waals surface area (Å²) in [6, 6.07) is 22.8. The van der Waals surface area contributed by atoms with Crippen LogP contribution < -0.4 is 15.5 Å². The van der Waals surface area contributed by atoms with Crippen LogP contribution in [0.5, 0.6) is 0 Å². The fraction of sp³-hybridized carbons (Fsp3) is 0.226. The number of nitrogens with zero attached hydrogens (tertiary/aromatic N) is 5. The minimum atomic E-state index is 0.575. The van der Waals surface area contributed by atoms with E-state index < -0.39 is 0 Å². The molecule has 0 radical (unpaired) electrons. The quantitative estimate of drug-likeness (QED) is 0.306. The summed E-state index contributed by atoms with van der Waals surface area (Å²) >= 11 is 0. The van der Waals surface area contributed by atoms with Gasteiger partial charge in [-0.25, -0.2) is 15.0 Å². The van der Waals surface area contributed by atoms with Gasteiger partial charge in [-0.2, -0.15) is 0 Å². The van der Waals surface area contributed by atoms with Gasteiger partial charge in [0.05, 0.1) is 11.7 Å². The third-order valence-electron chi connectivity index (χ3n) is 7.31. The lowest BCUT2D eigenvalue weighted by Crippen LogP contribution is -2.44. The van der Waals surface area contributed by atoms with Crippen molar-refractivity contribution in [3.05, 3.63) is 90.9 Å². The van der Waals surface area contributed by atoms with Crippen molar-refractivity contribution in [2.75, 3.05) is 36.4 Å². The zero-order chi connectivity index (χ0) is 25.3. The van der Waals surface area contributed by atoms with Gasteiger partial charge in [0.2, 0.25) is 0 Å². The topological polar surface area (TPSA) is 78.9 Å². The number of nitrogens with one attached hydrogen (secondary N) is 2. The third kappa shape index (κ3) is 4.57. The van der Waals surface area contributed by atoms with E-state index in [1.54, 1.807) is 0 Å². The van der Waals surface area contributed by atoms with Crippen LogP contribution >= 0.6 is 0 Å². The molecule has 3 aromatic heterocycles. The maximum atomic E-state index is 5.17. The Balaban J connectivity index is 1.25. The average molecular weight is 500 g/mol. The molecule has 0 spiro atoms. The highest BCUT2D eigenvalue weighted by atomic mass is 15.2. The van der Waals surface area contributed by atoms with Gasteiger partial charge in [0.1, 0.15) is 11.6 Å². The predicted molar refractivity (Wildman–Crippen MR) is 153 cm³/mol. The van der Waals surface area contributed by atoms with Crippen molar-refractivity contribution < 1.29 is 0 Å². The van der Waals surface area contributed by atoms with Gasteiger partial charge >= 0.3 is 0 Å². The SMILES string of the molecule is c1ccc(-c2cccc(Nc3cc(-c4nc(N5CCNCC5)c5c(C6CC6)cncc5n4)ccn3)c2)cc1. The van der Waals surface area contributed by atoms with E-state index in [1.807, 2.05) is 36.8 Å². The standard InChI is InChI=1S/C31H29N7/c1-2-5-21(6-3-1)23-7-4-8-25(17-23)35-28-18-24(11-12-34-28)30-36-27-20-33-19-26(22-9-10-22)29(27)31(37-30)38-15-13-32-14-16-38/h1-8,11-12,17-20,22,32H,9-10,13-16H2,(H,34,35). The van der Waals surface area contributed by atoms with Crippen molar-refractivity contribution >= 4 is 28.2 Å². The molecule has 0 amide bonds. The molecule has 1 aliphatic heterocycles. The molecule has 0 atom stereocenters. The van der Waals surface area contributed by atoms with Gasteiger partial charge in [0.15, 0.2) is 5.82 Å². The molecule has 0 unspecified atom stereocenters. The number of rotatable bonds is 6. The Morgan fingerprint density at radius 1 is 0.816 bits per heavy atom. The summed E-state index contributed by atoms with van der Waals surface area (Å²) in [6.07, 6.45) is 8.15. The van der Waals surface area contributed by atoms with E-state index in [4.69, 9.17) is 9.97 Å². The fourth-order valence-electron chi connectivity index (χ4n) is 5.22. The number of benzene rings is 2. The van der Waals surface area contributed by atoms with Gasteiger partial charge in [-0.1, -0.05) is 42.5 Å². The van der Waals surface area contributed by atoms with Crippen LogP contribution in [0, 0.1) is 0 Å². The summed E-state index contributed by atoms with van der Waals surface area (Å²) < 4.78 is 0. The summed E-state index contributed by atoms with van der Waals surface area (Å²) in [7, 11) is 0. The number of pyridine rings is 2. The Morgan fingerprint density at radius 2 is 1.66 bits per heavy atom. The molecule has 188 valence electrons. The largest absolute Gasteiger partial charge is 0.353 e. The lowest BCUT2D eigenvalue weighted by atomic mass is 10.1. The number of piperazine rings is 1. The van der Waals surface area contributed by atoms with E-state index in [-0.39, 0.29) is 0 Å². The molecule has 5 aromatic rings. The molecule has 2 aliphatic rings. The van der Waals surface area contributed by atoms with E-state index in [0.29, 0.717) is 11.7 Å². The Kier molecular flexibility index (Phi) is 5.90. The van der Waals surface area contributed by atoms with E-state index in [1.165, 1.54) is 29.4 Å². The van der Waals surface area contributed by atoms with Crippen molar-refractivity contribution in [2.45, 2.75) is 18.8 Å². The minimum absolute atomic E-state index is 0.575. The number of aromatic nitrogens is 4. The molecule has 7 nitrogen and oxygen atoms in total. The predicted octanol–water partition coefficient (Wildman–Crippen LogP) is 5.78. The molecular weight excluding hydrogens is 470 g/mol. The maximum absolute atomic E-state index is 5.17. The molecule has 2 aromatic carbocycles. The van der Waals surface area contributed by atoms with Crippen LogP contribution in [0.3, 0.4) is 0 Å². The second-order valence-corrected chi connectivity index (χ2v) is 10.0. The summed E-state index contributed by atoms with van der Waals surface area (Å²) in [5.41, 5.74) is 6.45. The Labute approximate surface area is 222 Å². The maximum Gasteiger partial charge on any atom is 0.162 e. The normalized spacial score (nSPS) is 15.5. The molecular formula is C31H29N7. The lowest BCUT2D eigenvalue weighted by molar-refractivity contribution is 0.586. The molecule has 0 bridgehead atoms. The zero-order valence-corrected chi connectivity index (χ0v) is 21.1. The molecule has 7 rings (SSSR count). The second-order valence-electron chi connectivity index (χ2n) is 10.0. The number of fused-ring (bicyclic) bond motifs is 1. The summed E-state index contributed by atoms with van der Waals surface area (Å²) in [6.45, 7) is 3.77. The molecule has 1 saturated carbocycles. The molecule has 2 fully saturated rings.